The van der Waals surface area contributed by atoms with Gasteiger partial charge in [-0.1, -0.05) is 51.3 Å². The second-order valence-electron chi connectivity index (χ2n) is 7.12. The van der Waals surface area contributed by atoms with Gasteiger partial charge in [0.25, 0.3) is 5.91 Å². The van der Waals surface area contributed by atoms with Gasteiger partial charge in [0.15, 0.2) is 5.96 Å². The van der Waals surface area contributed by atoms with E-state index >= 15 is 0 Å². The molecular weight excluding hydrogens is 372 g/mol. The first-order valence-corrected chi connectivity index (χ1v) is 11.1. The van der Waals surface area contributed by atoms with Crippen LogP contribution in [0.2, 0.25) is 0 Å². The molecule has 0 spiro atoms. The van der Waals surface area contributed by atoms with Crippen LogP contribution in [0.15, 0.2) is 40.2 Å². The Morgan fingerprint density at radius 3 is 2.61 bits per heavy atom. The number of unbranched alkanes of at least 4 members (excludes halogenated alkanes) is 1. The third-order valence-electron chi connectivity index (χ3n) is 4.85. The Morgan fingerprint density at radius 1 is 1.18 bits per heavy atom. The van der Waals surface area contributed by atoms with Crippen molar-refractivity contribution in [2.75, 3.05) is 18.8 Å². The van der Waals surface area contributed by atoms with Crippen molar-refractivity contribution < 1.29 is 9.59 Å². The maximum atomic E-state index is 13.0. The van der Waals surface area contributed by atoms with Gasteiger partial charge in [-0.2, -0.15) is 0 Å². The molecule has 0 aliphatic carbocycles. The fourth-order valence-electron chi connectivity index (χ4n) is 3.41. The Morgan fingerprint density at radius 2 is 1.93 bits per heavy atom. The molecule has 1 atom stereocenters. The van der Waals surface area contributed by atoms with Gasteiger partial charge in [0.05, 0.1) is 5.75 Å². The lowest BCUT2D eigenvalue weighted by Crippen LogP contribution is -2.45. The molecular formula is C21H32N4O2S. The van der Waals surface area contributed by atoms with Crippen LogP contribution in [0.4, 0.5) is 0 Å². The van der Waals surface area contributed by atoms with Crippen LogP contribution < -0.4 is 11.1 Å². The number of rotatable bonds is 12. The molecule has 1 aromatic carbocycles. The summed E-state index contributed by atoms with van der Waals surface area (Å²) in [5.41, 5.74) is 5.39. The molecule has 1 heterocycles. The number of guanidine groups is 1. The molecule has 6 nitrogen and oxygen atoms in total. The van der Waals surface area contributed by atoms with Crippen LogP contribution in [-0.2, 0) is 9.59 Å². The molecule has 0 radical (unpaired) electrons. The van der Waals surface area contributed by atoms with Crippen molar-refractivity contribution in [3.8, 4) is 0 Å². The molecule has 2 rings (SSSR count). The molecule has 0 saturated heterocycles. The van der Waals surface area contributed by atoms with E-state index in [9.17, 15) is 9.59 Å². The number of nitrogens with one attached hydrogen (secondary N) is 1. The van der Waals surface area contributed by atoms with Crippen LogP contribution in [0.25, 0.3) is 0 Å². The second kappa shape index (κ2) is 11.1. The summed E-state index contributed by atoms with van der Waals surface area (Å²) < 4.78 is 0. The Labute approximate surface area is 172 Å². The number of benzene rings is 1. The van der Waals surface area contributed by atoms with Gasteiger partial charge in [0.2, 0.25) is 5.91 Å². The van der Waals surface area contributed by atoms with Gasteiger partial charge in [-0.25, -0.2) is 4.99 Å². The number of hydrogen-bond acceptors (Lipinski definition) is 5. The molecule has 7 heteroatoms. The van der Waals surface area contributed by atoms with Crippen LogP contribution in [0.1, 0.15) is 52.4 Å². The van der Waals surface area contributed by atoms with Gasteiger partial charge < -0.3 is 11.1 Å². The molecule has 1 aliphatic rings. The van der Waals surface area contributed by atoms with Crippen molar-refractivity contribution in [2.24, 2.45) is 10.7 Å². The zero-order chi connectivity index (χ0) is 20.4. The smallest absolute Gasteiger partial charge is 0.257 e. The van der Waals surface area contributed by atoms with Gasteiger partial charge in [-0.3, -0.25) is 14.5 Å². The lowest BCUT2D eigenvalue weighted by Gasteiger charge is -2.25. The summed E-state index contributed by atoms with van der Waals surface area (Å²) >= 11 is 1.51. The Bertz CT molecular complexity index is 680. The van der Waals surface area contributed by atoms with E-state index in [1.807, 2.05) is 30.3 Å². The first kappa shape index (κ1) is 22.3. The maximum Gasteiger partial charge on any atom is 0.257 e. The maximum absolute atomic E-state index is 13.0. The van der Waals surface area contributed by atoms with E-state index in [2.05, 4.69) is 24.2 Å². The third-order valence-corrected chi connectivity index (χ3v) is 5.86. The minimum absolute atomic E-state index is 0.00786. The number of carbonyl (C=O) groups is 2. The highest BCUT2D eigenvalue weighted by Gasteiger charge is 2.45. The number of aliphatic imine (C=N–C) groups is 1. The SMILES string of the molecule is CCCCC1(CCC)N=C(N)N(CCCNC(=O)CSc2ccccc2)C1=O. The standard InChI is InChI=1S/C21H32N4O2S/c1-3-5-13-21(12-4-2)19(27)25(20(22)24-21)15-9-14-23-18(26)16-28-17-10-7-6-8-11-17/h6-8,10-11H,3-5,9,12-16H2,1-2H3,(H2,22,24)(H,23,26). The summed E-state index contributed by atoms with van der Waals surface area (Å²) in [5, 5.41) is 2.91. The number of carbonyl (C=O) groups excluding carboxylic acids is 2. The molecule has 1 aliphatic heterocycles. The van der Waals surface area contributed by atoms with Crippen LogP contribution in [0, 0.1) is 0 Å². The predicted molar refractivity (Wildman–Crippen MR) is 115 cm³/mol. The van der Waals surface area contributed by atoms with E-state index in [0.29, 0.717) is 31.2 Å². The van der Waals surface area contributed by atoms with Crippen molar-refractivity contribution in [1.29, 1.82) is 0 Å². The fraction of sp³-hybridized carbons (Fsp3) is 0.571. The molecule has 28 heavy (non-hydrogen) atoms. The highest BCUT2D eigenvalue weighted by Crippen LogP contribution is 2.32. The highest BCUT2D eigenvalue weighted by atomic mass is 32.2. The lowest BCUT2D eigenvalue weighted by atomic mass is 9.88. The zero-order valence-electron chi connectivity index (χ0n) is 16.9. The van der Waals surface area contributed by atoms with E-state index in [1.54, 1.807) is 4.90 Å². The number of thioether (sulfide) groups is 1. The van der Waals surface area contributed by atoms with E-state index in [-0.39, 0.29) is 11.8 Å². The van der Waals surface area contributed by atoms with Gasteiger partial charge in [-0.05, 0) is 31.4 Å². The molecule has 0 bridgehead atoms. The van der Waals surface area contributed by atoms with E-state index < -0.39 is 5.54 Å². The molecule has 2 amide bonds. The minimum Gasteiger partial charge on any atom is -0.369 e. The highest BCUT2D eigenvalue weighted by molar-refractivity contribution is 8.00. The van der Waals surface area contributed by atoms with E-state index in [0.717, 1.165) is 37.0 Å². The van der Waals surface area contributed by atoms with Gasteiger partial charge in [0.1, 0.15) is 5.54 Å². The average Bonchev–Trinajstić information content (AvgIpc) is 2.93. The summed E-state index contributed by atoms with van der Waals surface area (Å²) in [7, 11) is 0. The average molecular weight is 405 g/mol. The molecule has 154 valence electrons. The number of amides is 2. The number of nitrogens with two attached hydrogens (primary N) is 1. The summed E-state index contributed by atoms with van der Waals surface area (Å²) in [4.78, 5) is 32.2. The van der Waals surface area contributed by atoms with Crippen molar-refractivity contribution in [2.45, 2.75) is 62.8 Å². The quantitative estimate of drug-likeness (QED) is 0.414. The van der Waals surface area contributed by atoms with Gasteiger partial charge in [0, 0.05) is 18.0 Å². The molecule has 3 N–H and O–H groups in total. The monoisotopic (exact) mass is 404 g/mol. The second-order valence-corrected chi connectivity index (χ2v) is 8.17. The molecule has 0 saturated carbocycles. The number of nitrogens with zero attached hydrogens (tertiary/aromatic N) is 2. The van der Waals surface area contributed by atoms with E-state index in [4.69, 9.17) is 5.73 Å². The van der Waals surface area contributed by atoms with Crippen LogP contribution >= 0.6 is 11.8 Å². The van der Waals surface area contributed by atoms with Crippen LogP contribution in [0.5, 0.6) is 0 Å². The van der Waals surface area contributed by atoms with Gasteiger partial charge in [-0.15, -0.1) is 11.8 Å². The Hall–Kier alpha value is -2.02. The van der Waals surface area contributed by atoms with E-state index in [1.165, 1.54) is 11.8 Å². The first-order chi connectivity index (χ1) is 13.5. The third kappa shape index (κ3) is 5.99. The molecule has 1 unspecified atom stereocenters. The summed E-state index contributed by atoms with van der Waals surface area (Å²) in [6, 6.07) is 9.84. The predicted octanol–water partition coefficient (Wildman–Crippen LogP) is 3.17. The van der Waals surface area contributed by atoms with Crippen molar-refractivity contribution in [1.82, 2.24) is 10.2 Å². The van der Waals surface area contributed by atoms with Crippen LogP contribution in [-0.4, -0.2) is 47.1 Å². The van der Waals surface area contributed by atoms with Crippen molar-refractivity contribution in [3.05, 3.63) is 30.3 Å². The zero-order valence-corrected chi connectivity index (χ0v) is 17.8. The van der Waals surface area contributed by atoms with Gasteiger partial charge >= 0.3 is 0 Å². The summed E-state index contributed by atoms with van der Waals surface area (Å²) in [5.74, 6) is 0.714. The van der Waals surface area contributed by atoms with Crippen molar-refractivity contribution >= 4 is 29.5 Å². The summed E-state index contributed by atoms with van der Waals surface area (Å²) in [6.07, 6.45) is 5.03. The molecule has 0 fully saturated rings. The summed E-state index contributed by atoms with van der Waals surface area (Å²) in [6.45, 7) is 5.18. The number of hydrogen-bond donors (Lipinski definition) is 2. The first-order valence-electron chi connectivity index (χ1n) is 10.1. The lowest BCUT2D eigenvalue weighted by molar-refractivity contribution is -0.131. The molecule has 0 aromatic heterocycles. The Kier molecular flexibility index (Phi) is 8.83. The fourth-order valence-corrected chi connectivity index (χ4v) is 4.16. The normalized spacial score (nSPS) is 19.0. The topological polar surface area (TPSA) is 87.8 Å². The minimum atomic E-state index is -0.676. The largest absolute Gasteiger partial charge is 0.369 e. The molecule has 1 aromatic rings. The Balaban J connectivity index is 1.75. The van der Waals surface area contributed by atoms with Crippen molar-refractivity contribution in [3.63, 3.8) is 0 Å². The van der Waals surface area contributed by atoms with Crippen LogP contribution in [0.3, 0.4) is 0 Å².